The molecule has 130 valence electrons. The van der Waals surface area contributed by atoms with Crippen LogP contribution in [0.5, 0.6) is 5.75 Å². The minimum atomic E-state index is -1.08. The third-order valence-corrected chi connectivity index (χ3v) is 3.97. The van der Waals surface area contributed by atoms with Crippen molar-refractivity contribution in [2.45, 2.75) is 32.7 Å². The Kier molecular flexibility index (Phi) is 5.78. The van der Waals surface area contributed by atoms with E-state index in [-0.39, 0.29) is 18.9 Å². The molecule has 7 nitrogen and oxygen atoms in total. The van der Waals surface area contributed by atoms with Crippen LogP contribution in [-0.4, -0.2) is 42.1 Å². The van der Waals surface area contributed by atoms with Crippen molar-refractivity contribution in [3.8, 4) is 5.75 Å². The Morgan fingerprint density at radius 2 is 2.08 bits per heavy atom. The molecular formula is C17H22N2O5. The highest BCUT2D eigenvalue weighted by molar-refractivity contribution is 6.01. The number of nitrogens with one attached hydrogen (secondary N) is 1. The average Bonchev–Trinajstić information content (AvgIpc) is 2.94. The number of para-hydroxylation sites is 2. The molecule has 0 aromatic heterocycles. The summed E-state index contributed by atoms with van der Waals surface area (Å²) in [7, 11) is 0. The normalized spacial score (nSPS) is 18.3. The molecule has 7 heteroatoms. The minimum absolute atomic E-state index is 0.0579. The molecule has 2 rings (SSSR count). The zero-order valence-corrected chi connectivity index (χ0v) is 13.8. The summed E-state index contributed by atoms with van der Waals surface area (Å²) < 4.78 is 5.53. The number of hydrogen-bond donors (Lipinski definition) is 2. The Balaban J connectivity index is 2.11. The summed E-state index contributed by atoms with van der Waals surface area (Å²) in [6.07, 6.45) is 0.348. The lowest BCUT2D eigenvalue weighted by Gasteiger charge is -2.20. The molecule has 2 unspecified atom stereocenters. The molecule has 0 spiro atoms. The first-order chi connectivity index (χ1) is 11.5. The number of carboxylic acids is 1. The largest absolute Gasteiger partial charge is 0.492 e. The topological polar surface area (TPSA) is 95.9 Å². The van der Waals surface area contributed by atoms with Gasteiger partial charge in [-0.3, -0.25) is 9.59 Å². The van der Waals surface area contributed by atoms with Gasteiger partial charge in [-0.25, -0.2) is 4.79 Å². The SMILES string of the molecule is CCOc1ccccc1N1CC(C(=O)NC(CC)C(=O)O)CC1=O. The van der Waals surface area contributed by atoms with Crippen molar-refractivity contribution in [2.24, 2.45) is 5.92 Å². The number of carbonyl (C=O) groups is 3. The number of nitrogens with zero attached hydrogens (tertiary/aromatic N) is 1. The van der Waals surface area contributed by atoms with E-state index in [1.807, 2.05) is 13.0 Å². The van der Waals surface area contributed by atoms with Gasteiger partial charge in [0.05, 0.1) is 18.2 Å². The van der Waals surface area contributed by atoms with Gasteiger partial charge in [0.25, 0.3) is 0 Å². The third kappa shape index (κ3) is 3.84. The number of anilines is 1. The maximum absolute atomic E-state index is 12.3. The fourth-order valence-corrected chi connectivity index (χ4v) is 2.70. The Hall–Kier alpha value is -2.57. The van der Waals surface area contributed by atoms with Crippen LogP contribution in [0.25, 0.3) is 0 Å². The summed E-state index contributed by atoms with van der Waals surface area (Å²) >= 11 is 0. The Morgan fingerprint density at radius 3 is 2.71 bits per heavy atom. The van der Waals surface area contributed by atoms with Gasteiger partial charge in [0.1, 0.15) is 11.8 Å². The van der Waals surface area contributed by atoms with Crippen molar-refractivity contribution in [1.82, 2.24) is 5.32 Å². The summed E-state index contributed by atoms with van der Waals surface area (Å²) in [5.74, 6) is -1.64. The van der Waals surface area contributed by atoms with Crippen LogP contribution in [0.4, 0.5) is 5.69 Å². The molecular weight excluding hydrogens is 312 g/mol. The van der Waals surface area contributed by atoms with Crippen LogP contribution in [0.3, 0.4) is 0 Å². The van der Waals surface area contributed by atoms with E-state index in [1.165, 1.54) is 4.90 Å². The fourth-order valence-electron chi connectivity index (χ4n) is 2.70. The molecule has 1 saturated heterocycles. The van der Waals surface area contributed by atoms with Gasteiger partial charge in [0.2, 0.25) is 11.8 Å². The monoisotopic (exact) mass is 334 g/mol. The lowest BCUT2D eigenvalue weighted by atomic mass is 10.1. The van der Waals surface area contributed by atoms with Crippen molar-refractivity contribution < 1.29 is 24.2 Å². The lowest BCUT2D eigenvalue weighted by molar-refractivity contribution is -0.142. The molecule has 1 aliphatic heterocycles. The zero-order valence-electron chi connectivity index (χ0n) is 13.8. The van der Waals surface area contributed by atoms with Gasteiger partial charge in [0, 0.05) is 13.0 Å². The maximum Gasteiger partial charge on any atom is 0.326 e. The highest BCUT2D eigenvalue weighted by Crippen LogP contribution is 2.33. The average molecular weight is 334 g/mol. The highest BCUT2D eigenvalue weighted by atomic mass is 16.5. The van der Waals surface area contributed by atoms with E-state index >= 15 is 0 Å². The molecule has 1 heterocycles. The van der Waals surface area contributed by atoms with E-state index in [2.05, 4.69) is 5.32 Å². The van der Waals surface area contributed by atoms with E-state index in [0.29, 0.717) is 24.5 Å². The van der Waals surface area contributed by atoms with E-state index in [0.717, 1.165) is 0 Å². The predicted octanol–water partition coefficient (Wildman–Crippen LogP) is 1.42. The van der Waals surface area contributed by atoms with Crippen LogP contribution in [0.1, 0.15) is 26.7 Å². The third-order valence-electron chi connectivity index (χ3n) is 3.97. The molecule has 1 aliphatic rings. The number of carbonyl (C=O) groups excluding carboxylic acids is 2. The fraction of sp³-hybridized carbons (Fsp3) is 0.471. The molecule has 2 N–H and O–H groups in total. The van der Waals surface area contributed by atoms with Gasteiger partial charge < -0.3 is 20.1 Å². The first-order valence-corrected chi connectivity index (χ1v) is 8.03. The second-order valence-corrected chi connectivity index (χ2v) is 5.61. The molecule has 0 radical (unpaired) electrons. The molecule has 2 amide bonds. The molecule has 1 fully saturated rings. The number of carboxylic acid groups (broad SMARTS) is 1. The predicted molar refractivity (Wildman–Crippen MR) is 87.9 cm³/mol. The van der Waals surface area contributed by atoms with Gasteiger partial charge in [-0.05, 0) is 25.5 Å². The first-order valence-electron chi connectivity index (χ1n) is 8.03. The van der Waals surface area contributed by atoms with Crippen molar-refractivity contribution in [3.63, 3.8) is 0 Å². The molecule has 2 atom stereocenters. The number of ether oxygens (including phenoxy) is 1. The van der Waals surface area contributed by atoms with Gasteiger partial charge in [0.15, 0.2) is 0 Å². The van der Waals surface area contributed by atoms with Crippen LogP contribution in [0, 0.1) is 5.92 Å². The highest BCUT2D eigenvalue weighted by Gasteiger charge is 2.37. The lowest BCUT2D eigenvalue weighted by Crippen LogP contribution is -2.43. The number of hydrogen-bond acceptors (Lipinski definition) is 4. The number of rotatable bonds is 7. The number of benzene rings is 1. The quantitative estimate of drug-likeness (QED) is 0.786. The van der Waals surface area contributed by atoms with Gasteiger partial charge in [-0.1, -0.05) is 19.1 Å². The summed E-state index contributed by atoms with van der Waals surface area (Å²) in [6.45, 7) is 4.23. The Bertz CT molecular complexity index is 631. The second-order valence-electron chi connectivity index (χ2n) is 5.61. The summed E-state index contributed by atoms with van der Waals surface area (Å²) in [4.78, 5) is 37.1. The molecule has 0 saturated carbocycles. The van der Waals surface area contributed by atoms with Crippen molar-refractivity contribution in [3.05, 3.63) is 24.3 Å². The molecule has 1 aromatic carbocycles. The van der Waals surface area contributed by atoms with Crippen molar-refractivity contribution in [1.29, 1.82) is 0 Å². The van der Waals surface area contributed by atoms with Crippen molar-refractivity contribution >= 4 is 23.5 Å². The Labute approximate surface area is 140 Å². The van der Waals surface area contributed by atoms with Crippen LogP contribution in [0.15, 0.2) is 24.3 Å². The number of aliphatic carboxylic acids is 1. The smallest absolute Gasteiger partial charge is 0.326 e. The van der Waals surface area contributed by atoms with Gasteiger partial charge >= 0.3 is 5.97 Å². The van der Waals surface area contributed by atoms with Gasteiger partial charge in [-0.2, -0.15) is 0 Å². The molecule has 1 aromatic rings. The van der Waals surface area contributed by atoms with E-state index in [4.69, 9.17) is 9.84 Å². The first kappa shape index (κ1) is 17.8. The second kappa shape index (κ2) is 7.81. The van der Waals surface area contributed by atoms with Crippen LogP contribution >= 0.6 is 0 Å². The van der Waals surface area contributed by atoms with Crippen molar-refractivity contribution in [2.75, 3.05) is 18.1 Å². The number of amides is 2. The van der Waals surface area contributed by atoms with E-state index in [1.54, 1.807) is 25.1 Å². The Morgan fingerprint density at radius 1 is 1.38 bits per heavy atom. The summed E-state index contributed by atoms with van der Waals surface area (Å²) in [5, 5.41) is 11.5. The van der Waals surface area contributed by atoms with Gasteiger partial charge in [-0.15, -0.1) is 0 Å². The van der Waals surface area contributed by atoms with E-state index < -0.39 is 23.8 Å². The maximum atomic E-state index is 12.3. The van der Waals surface area contributed by atoms with Crippen LogP contribution < -0.4 is 15.0 Å². The minimum Gasteiger partial charge on any atom is -0.492 e. The van der Waals surface area contributed by atoms with Crippen LogP contribution in [-0.2, 0) is 14.4 Å². The molecule has 0 bridgehead atoms. The van der Waals surface area contributed by atoms with E-state index in [9.17, 15) is 14.4 Å². The zero-order chi connectivity index (χ0) is 17.7. The summed E-state index contributed by atoms with van der Waals surface area (Å²) in [6, 6.07) is 6.23. The molecule has 0 aliphatic carbocycles. The molecule has 24 heavy (non-hydrogen) atoms. The van der Waals surface area contributed by atoms with Crippen LogP contribution in [0.2, 0.25) is 0 Å². The standard InChI is InChI=1S/C17H22N2O5/c1-3-12(17(22)23)18-16(21)11-9-15(20)19(10-11)13-7-5-6-8-14(13)24-4-2/h5-8,11-12H,3-4,9-10H2,1-2H3,(H,18,21)(H,22,23). The summed E-state index contributed by atoms with van der Waals surface area (Å²) in [5.41, 5.74) is 0.630.